The summed E-state index contributed by atoms with van der Waals surface area (Å²) in [5.74, 6) is 1.25. The molecule has 0 amide bonds. The van der Waals surface area contributed by atoms with Gasteiger partial charge in [0.25, 0.3) is 0 Å². The van der Waals surface area contributed by atoms with E-state index in [1.165, 1.54) is 0 Å². The summed E-state index contributed by atoms with van der Waals surface area (Å²) in [6, 6.07) is 15.8. The SMILES string of the molecule is Cc1cc(Cl)ccc1Nc1nccc(Nc2ccccc2N2CCOCC2)n1. The van der Waals surface area contributed by atoms with E-state index in [1.54, 1.807) is 6.20 Å². The van der Waals surface area contributed by atoms with E-state index in [0.717, 1.165) is 54.7 Å². The Morgan fingerprint density at radius 1 is 1.00 bits per heavy atom. The molecule has 0 atom stereocenters. The Hall–Kier alpha value is -2.83. The number of benzene rings is 2. The number of nitrogens with one attached hydrogen (secondary N) is 2. The smallest absolute Gasteiger partial charge is 0.229 e. The van der Waals surface area contributed by atoms with Crippen LogP contribution in [0.15, 0.2) is 54.7 Å². The van der Waals surface area contributed by atoms with Gasteiger partial charge in [-0.1, -0.05) is 23.7 Å². The molecule has 1 fully saturated rings. The second-order valence-electron chi connectivity index (χ2n) is 6.59. The Bertz CT molecular complexity index is 959. The third kappa shape index (κ3) is 4.35. The predicted molar refractivity (Wildman–Crippen MR) is 114 cm³/mol. The third-order valence-electron chi connectivity index (χ3n) is 4.61. The summed E-state index contributed by atoms with van der Waals surface area (Å²) < 4.78 is 5.47. The zero-order valence-corrected chi connectivity index (χ0v) is 16.4. The van der Waals surface area contributed by atoms with Crippen LogP contribution in [0.25, 0.3) is 0 Å². The van der Waals surface area contributed by atoms with Crippen molar-refractivity contribution in [1.29, 1.82) is 0 Å². The molecule has 0 spiro atoms. The van der Waals surface area contributed by atoms with Gasteiger partial charge in [-0.2, -0.15) is 4.98 Å². The van der Waals surface area contributed by atoms with Crippen LogP contribution in [0, 0.1) is 6.92 Å². The third-order valence-corrected chi connectivity index (χ3v) is 4.84. The number of para-hydroxylation sites is 2. The summed E-state index contributed by atoms with van der Waals surface area (Å²) in [4.78, 5) is 11.3. The van der Waals surface area contributed by atoms with Crippen LogP contribution in [0.3, 0.4) is 0 Å². The molecule has 0 radical (unpaired) electrons. The maximum atomic E-state index is 6.03. The lowest BCUT2D eigenvalue weighted by atomic mass is 10.2. The van der Waals surface area contributed by atoms with Crippen LogP contribution in [0.2, 0.25) is 5.02 Å². The average Bonchev–Trinajstić information content (AvgIpc) is 2.72. The zero-order valence-electron chi connectivity index (χ0n) is 15.7. The highest BCUT2D eigenvalue weighted by atomic mass is 35.5. The monoisotopic (exact) mass is 395 g/mol. The van der Waals surface area contributed by atoms with E-state index in [2.05, 4.69) is 37.6 Å². The number of ether oxygens (including phenoxy) is 1. The molecule has 1 aliphatic heterocycles. The van der Waals surface area contributed by atoms with E-state index in [-0.39, 0.29) is 0 Å². The number of nitrogens with zero attached hydrogens (tertiary/aromatic N) is 3. The Morgan fingerprint density at radius 3 is 2.64 bits per heavy atom. The van der Waals surface area contributed by atoms with E-state index in [0.29, 0.717) is 11.0 Å². The molecule has 1 aliphatic rings. The van der Waals surface area contributed by atoms with Crippen LogP contribution in [0.1, 0.15) is 5.56 Å². The van der Waals surface area contributed by atoms with E-state index < -0.39 is 0 Å². The summed E-state index contributed by atoms with van der Waals surface area (Å²) in [7, 11) is 0. The molecular weight excluding hydrogens is 374 g/mol. The van der Waals surface area contributed by atoms with Crippen LogP contribution >= 0.6 is 11.6 Å². The number of aromatic nitrogens is 2. The molecule has 2 N–H and O–H groups in total. The summed E-state index contributed by atoms with van der Waals surface area (Å²) in [5, 5.41) is 7.39. The fourth-order valence-electron chi connectivity index (χ4n) is 3.17. The van der Waals surface area contributed by atoms with E-state index >= 15 is 0 Å². The molecule has 0 unspecified atom stereocenters. The second kappa shape index (κ2) is 8.46. The van der Waals surface area contributed by atoms with Gasteiger partial charge in [0.2, 0.25) is 5.95 Å². The number of halogens is 1. The van der Waals surface area contributed by atoms with Gasteiger partial charge in [0.1, 0.15) is 5.82 Å². The van der Waals surface area contributed by atoms with Crippen LogP contribution < -0.4 is 15.5 Å². The minimum Gasteiger partial charge on any atom is -0.378 e. The van der Waals surface area contributed by atoms with Crippen molar-refractivity contribution in [2.75, 3.05) is 41.8 Å². The van der Waals surface area contributed by atoms with Gasteiger partial charge in [0.05, 0.1) is 24.6 Å². The van der Waals surface area contributed by atoms with Crippen molar-refractivity contribution in [2.24, 2.45) is 0 Å². The van der Waals surface area contributed by atoms with Crippen molar-refractivity contribution >= 4 is 40.4 Å². The van der Waals surface area contributed by atoms with Gasteiger partial charge in [-0.25, -0.2) is 4.98 Å². The van der Waals surface area contributed by atoms with Gasteiger partial charge < -0.3 is 20.3 Å². The van der Waals surface area contributed by atoms with Crippen LogP contribution in [0.5, 0.6) is 0 Å². The first-order valence-electron chi connectivity index (χ1n) is 9.24. The molecule has 0 saturated carbocycles. The zero-order chi connectivity index (χ0) is 19.3. The summed E-state index contributed by atoms with van der Waals surface area (Å²) >= 11 is 6.03. The minimum absolute atomic E-state index is 0.527. The van der Waals surface area contributed by atoms with Crippen molar-refractivity contribution in [3.63, 3.8) is 0 Å². The Morgan fingerprint density at radius 2 is 1.82 bits per heavy atom. The van der Waals surface area contributed by atoms with Crippen molar-refractivity contribution in [1.82, 2.24) is 9.97 Å². The molecule has 2 aromatic carbocycles. The van der Waals surface area contributed by atoms with Crippen LogP contribution in [0.4, 0.5) is 28.8 Å². The first-order chi connectivity index (χ1) is 13.7. The standard InChI is InChI=1S/C21H22ClN5O/c1-15-14-16(22)6-7-17(15)25-21-23-9-8-20(26-21)24-18-4-2-3-5-19(18)27-10-12-28-13-11-27/h2-9,14H,10-13H2,1H3,(H2,23,24,25,26). The van der Waals surface area contributed by atoms with Gasteiger partial charge in [0, 0.05) is 30.0 Å². The van der Waals surface area contributed by atoms with Crippen LogP contribution in [-0.2, 0) is 4.74 Å². The highest BCUT2D eigenvalue weighted by molar-refractivity contribution is 6.30. The van der Waals surface area contributed by atoms with Gasteiger partial charge in [-0.15, -0.1) is 0 Å². The fraction of sp³-hybridized carbons (Fsp3) is 0.238. The molecule has 1 saturated heterocycles. The summed E-state index contributed by atoms with van der Waals surface area (Å²) in [6.07, 6.45) is 1.74. The second-order valence-corrected chi connectivity index (χ2v) is 7.03. The molecule has 4 rings (SSSR count). The quantitative estimate of drug-likeness (QED) is 0.649. The molecule has 144 valence electrons. The maximum Gasteiger partial charge on any atom is 0.229 e. The van der Waals surface area contributed by atoms with Crippen LogP contribution in [-0.4, -0.2) is 36.3 Å². The van der Waals surface area contributed by atoms with Gasteiger partial charge in [0.15, 0.2) is 0 Å². The molecule has 6 nitrogen and oxygen atoms in total. The lowest BCUT2D eigenvalue weighted by molar-refractivity contribution is 0.123. The van der Waals surface area contributed by atoms with E-state index in [4.69, 9.17) is 16.3 Å². The van der Waals surface area contributed by atoms with Crippen molar-refractivity contribution in [3.8, 4) is 0 Å². The number of rotatable bonds is 5. The lowest BCUT2D eigenvalue weighted by Gasteiger charge is -2.30. The molecular formula is C21H22ClN5O. The molecule has 3 aromatic rings. The normalized spacial score (nSPS) is 14.0. The Labute approximate surface area is 169 Å². The van der Waals surface area contributed by atoms with Crippen molar-refractivity contribution < 1.29 is 4.74 Å². The molecule has 28 heavy (non-hydrogen) atoms. The molecule has 2 heterocycles. The number of anilines is 5. The molecule has 0 bridgehead atoms. The first-order valence-corrected chi connectivity index (χ1v) is 9.62. The number of hydrogen-bond acceptors (Lipinski definition) is 6. The van der Waals surface area contributed by atoms with Gasteiger partial charge in [-0.05, 0) is 48.9 Å². The van der Waals surface area contributed by atoms with Gasteiger partial charge in [-0.3, -0.25) is 0 Å². The fourth-order valence-corrected chi connectivity index (χ4v) is 3.40. The van der Waals surface area contributed by atoms with E-state index in [1.807, 2.05) is 43.3 Å². The first kappa shape index (κ1) is 18.5. The van der Waals surface area contributed by atoms with Crippen molar-refractivity contribution in [3.05, 3.63) is 65.3 Å². The molecule has 7 heteroatoms. The summed E-state index contributed by atoms with van der Waals surface area (Å²) in [5.41, 5.74) is 4.12. The Kier molecular flexibility index (Phi) is 5.60. The lowest BCUT2D eigenvalue weighted by Crippen LogP contribution is -2.36. The number of aryl methyl sites for hydroxylation is 1. The molecule has 1 aromatic heterocycles. The molecule has 0 aliphatic carbocycles. The Balaban J connectivity index is 1.54. The van der Waals surface area contributed by atoms with Gasteiger partial charge >= 0.3 is 0 Å². The highest BCUT2D eigenvalue weighted by Gasteiger charge is 2.15. The number of hydrogen-bond donors (Lipinski definition) is 2. The average molecular weight is 396 g/mol. The largest absolute Gasteiger partial charge is 0.378 e. The van der Waals surface area contributed by atoms with Crippen molar-refractivity contribution in [2.45, 2.75) is 6.92 Å². The topological polar surface area (TPSA) is 62.3 Å². The highest BCUT2D eigenvalue weighted by Crippen LogP contribution is 2.29. The predicted octanol–water partition coefficient (Wildman–Crippen LogP) is 4.76. The number of morpholine rings is 1. The maximum absolute atomic E-state index is 6.03. The summed E-state index contributed by atoms with van der Waals surface area (Å²) in [6.45, 7) is 5.25. The minimum atomic E-state index is 0.527. The van der Waals surface area contributed by atoms with E-state index in [9.17, 15) is 0 Å².